The highest BCUT2D eigenvalue weighted by molar-refractivity contribution is 9.10. The molecule has 0 unspecified atom stereocenters. The largest absolute Gasteiger partial charge is 0.263 e. The van der Waals surface area contributed by atoms with Crippen LogP contribution in [-0.4, -0.2) is 40.8 Å². The first kappa shape index (κ1) is 15.4. The van der Waals surface area contributed by atoms with E-state index < -0.39 is 10.0 Å². The Morgan fingerprint density at radius 1 is 1.10 bits per heavy atom. The number of hydrogen-bond acceptors (Lipinski definition) is 4. The van der Waals surface area contributed by atoms with Crippen LogP contribution in [0.5, 0.6) is 0 Å². The van der Waals surface area contributed by atoms with Crippen LogP contribution in [0.1, 0.15) is 44.9 Å². The van der Waals surface area contributed by atoms with Gasteiger partial charge in [-0.1, -0.05) is 24.5 Å². The summed E-state index contributed by atoms with van der Waals surface area (Å²) in [5.41, 5.74) is 0.395. The van der Waals surface area contributed by atoms with Gasteiger partial charge in [0, 0.05) is 20.1 Å². The normalized spacial score (nSPS) is 23.5. The van der Waals surface area contributed by atoms with Gasteiger partial charge in [-0.3, -0.25) is 0 Å². The molecule has 21 heavy (non-hydrogen) atoms. The van der Waals surface area contributed by atoms with Gasteiger partial charge in [0.1, 0.15) is 0 Å². The minimum absolute atomic E-state index is 0.155. The number of sulfonamides is 1. The molecule has 2 heterocycles. The molecule has 0 amide bonds. The molecule has 2 aliphatic rings. The summed E-state index contributed by atoms with van der Waals surface area (Å²) in [7, 11) is -1.90. The predicted octanol–water partition coefficient (Wildman–Crippen LogP) is 2.31. The monoisotopic (exact) mass is 376 g/mol. The highest BCUT2D eigenvalue weighted by Gasteiger charge is 2.40. The van der Waals surface area contributed by atoms with Gasteiger partial charge in [-0.05, 0) is 47.0 Å². The molecule has 1 aromatic heterocycles. The average molecular weight is 377 g/mol. The Hall–Kier alpha value is -0.470. The first-order valence-corrected chi connectivity index (χ1v) is 9.73. The second-order valence-corrected chi connectivity index (χ2v) is 8.88. The standard InChI is InChI=1S/C13H21BrN4O2S/c1-17-12(11(14)15-16-17)21(19,20)18-9-7-13(8-10-18)5-3-2-4-6-13/h2-10H2,1H3. The molecule has 2 fully saturated rings. The Morgan fingerprint density at radius 2 is 1.71 bits per heavy atom. The van der Waals surface area contributed by atoms with Gasteiger partial charge in [0.05, 0.1) is 0 Å². The van der Waals surface area contributed by atoms with Crippen molar-refractivity contribution in [1.29, 1.82) is 0 Å². The lowest BCUT2D eigenvalue weighted by Crippen LogP contribution is -2.44. The molecule has 0 aromatic carbocycles. The zero-order chi connectivity index (χ0) is 15.1. The molecule has 1 aromatic rings. The maximum Gasteiger partial charge on any atom is 0.263 e. The van der Waals surface area contributed by atoms with E-state index in [2.05, 4.69) is 26.2 Å². The average Bonchev–Trinajstić information content (AvgIpc) is 2.80. The van der Waals surface area contributed by atoms with Gasteiger partial charge in [0.25, 0.3) is 10.0 Å². The molecule has 1 spiro atoms. The molecule has 118 valence electrons. The molecule has 0 N–H and O–H groups in total. The van der Waals surface area contributed by atoms with Crippen molar-refractivity contribution in [3.05, 3.63) is 4.60 Å². The third-order valence-corrected chi connectivity index (χ3v) is 7.81. The number of nitrogens with zero attached hydrogens (tertiary/aromatic N) is 4. The summed E-state index contributed by atoms with van der Waals surface area (Å²) in [5, 5.41) is 7.71. The predicted molar refractivity (Wildman–Crippen MR) is 82.2 cm³/mol. The number of aromatic nitrogens is 3. The smallest absolute Gasteiger partial charge is 0.235 e. The van der Waals surface area contributed by atoms with E-state index in [0.717, 1.165) is 12.8 Å². The molecular formula is C13H21BrN4O2S. The summed E-state index contributed by atoms with van der Waals surface area (Å²) in [6, 6.07) is 0. The van der Waals surface area contributed by atoms with E-state index in [9.17, 15) is 8.42 Å². The number of aryl methyl sites for hydroxylation is 1. The van der Waals surface area contributed by atoms with Crippen LogP contribution in [0.25, 0.3) is 0 Å². The van der Waals surface area contributed by atoms with Gasteiger partial charge in [-0.25, -0.2) is 13.1 Å². The molecule has 1 aliphatic heterocycles. The van der Waals surface area contributed by atoms with E-state index in [1.54, 1.807) is 11.4 Å². The fraction of sp³-hybridized carbons (Fsp3) is 0.846. The Kier molecular flexibility index (Phi) is 4.13. The van der Waals surface area contributed by atoms with Crippen molar-refractivity contribution < 1.29 is 8.42 Å². The summed E-state index contributed by atoms with van der Waals surface area (Å²) < 4.78 is 28.7. The van der Waals surface area contributed by atoms with Crippen molar-refractivity contribution in [2.75, 3.05) is 13.1 Å². The molecule has 6 nitrogen and oxygen atoms in total. The van der Waals surface area contributed by atoms with Crippen LogP contribution in [0.3, 0.4) is 0 Å². The SMILES string of the molecule is Cn1nnc(Br)c1S(=O)(=O)N1CCC2(CCCCC2)CC1. The van der Waals surface area contributed by atoms with E-state index >= 15 is 0 Å². The Balaban J connectivity index is 1.77. The Labute approximate surface area is 134 Å². The fourth-order valence-corrected chi connectivity index (χ4v) is 6.19. The van der Waals surface area contributed by atoms with Crippen molar-refractivity contribution in [2.45, 2.75) is 50.0 Å². The first-order valence-electron chi connectivity index (χ1n) is 7.50. The minimum atomic E-state index is -3.51. The van der Waals surface area contributed by atoms with Crippen LogP contribution in [0.15, 0.2) is 9.63 Å². The molecule has 1 aliphatic carbocycles. The van der Waals surface area contributed by atoms with Crippen molar-refractivity contribution >= 4 is 26.0 Å². The van der Waals surface area contributed by atoms with Crippen molar-refractivity contribution in [3.63, 3.8) is 0 Å². The summed E-state index contributed by atoms with van der Waals surface area (Å²) >= 11 is 3.19. The lowest BCUT2D eigenvalue weighted by molar-refractivity contribution is 0.102. The van der Waals surface area contributed by atoms with E-state index in [1.807, 2.05) is 0 Å². The van der Waals surface area contributed by atoms with Gasteiger partial charge in [-0.15, -0.1) is 5.10 Å². The second kappa shape index (κ2) is 5.62. The van der Waals surface area contributed by atoms with E-state index in [0.29, 0.717) is 23.1 Å². The summed E-state index contributed by atoms with van der Waals surface area (Å²) in [5.74, 6) is 0. The maximum atomic E-state index is 12.8. The summed E-state index contributed by atoms with van der Waals surface area (Å²) in [6.45, 7) is 1.22. The zero-order valence-corrected chi connectivity index (χ0v) is 14.7. The van der Waals surface area contributed by atoms with Gasteiger partial charge < -0.3 is 0 Å². The molecule has 3 rings (SSSR count). The van der Waals surface area contributed by atoms with Crippen LogP contribution in [-0.2, 0) is 17.1 Å². The number of piperidine rings is 1. The van der Waals surface area contributed by atoms with E-state index in [-0.39, 0.29) is 5.03 Å². The second-order valence-electron chi connectivity index (χ2n) is 6.27. The van der Waals surface area contributed by atoms with Crippen LogP contribution >= 0.6 is 15.9 Å². The van der Waals surface area contributed by atoms with Gasteiger partial charge in [0.2, 0.25) is 5.03 Å². The summed E-state index contributed by atoms with van der Waals surface area (Å²) in [4.78, 5) is 0. The van der Waals surface area contributed by atoms with E-state index in [4.69, 9.17) is 0 Å². The zero-order valence-electron chi connectivity index (χ0n) is 12.3. The lowest BCUT2D eigenvalue weighted by atomic mass is 9.68. The van der Waals surface area contributed by atoms with Crippen molar-refractivity contribution in [2.24, 2.45) is 12.5 Å². The molecule has 0 atom stereocenters. The van der Waals surface area contributed by atoms with Crippen LogP contribution in [0.4, 0.5) is 0 Å². The van der Waals surface area contributed by atoms with E-state index in [1.165, 1.54) is 36.8 Å². The molecular weight excluding hydrogens is 356 g/mol. The first-order chi connectivity index (χ1) is 9.95. The fourth-order valence-electron chi connectivity index (χ4n) is 3.72. The molecule has 1 saturated heterocycles. The van der Waals surface area contributed by atoms with Gasteiger partial charge >= 0.3 is 0 Å². The van der Waals surface area contributed by atoms with Gasteiger partial charge in [0.15, 0.2) is 4.60 Å². The third kappa shape index (κ3) is 2.77. The highest BCUT2D eigenvalue weighted by atomic mass is 79.9. The highest BCUT2D eigenvalue weighted by Crippen LogP contribution is 2.45. The maximum absolute atomic E-state index is 12.8. The third-order valence-electron chi connectivity index (χ3n) is 5.02. The van der Waals surface area contributed by atoms with Gasteiger partial charge in [-0.2, -0.15) is 4.31 Å². The Morgan fingerprint density at radius 3 is 2.24 bits per heavy atom. The van der Waals surface area contributed by atoms with Crippen LogP contribution in [0.2, 0.25) is 0 Å². The van der Waals surface area contributed by atoms with Crippen LogP contribution in [0, 0.1) is 5.41 Å². The van der Waals surface area contributed by atoms with Crippen LogP contribution < -0.4 is 0 Å². The Bertz CT molecular complexity index is 593. The number of halogens is 1. The van der Waals surface area contributed by atoms with Crippen molar-refractivity contribution in [3.8, 4) is 0 Å². The summed E-state index contributed by atoms with van der Waals surface area (Å²) in [6.07, 6.45) is 8.41. The quantitative estimate of drug-likeness (QED) is 0.793. The molecule has 1 saturated carbocycles. The topological polar surface area (TPSA) is 68.1 Å². The van der Waals surface area contributed by atoms with Crippen molar-refractivity contribution in [1.82, 2.24) is 19.3 Å². The lowest BCUT2D eigenvalue weighted by Gasteiger charge is -2.43. The minimum Gasteiger partial charge on any atom is -0.235 e. The number of hydrogen-bond donors (Lipinski definition) is 0. The molecule has 0 radical (unpaired) electrons. The molecule has 8 heteroatoms. The number of rotatable bonds is 2. The molecule has 0 bridgehead atoms.